The molecule has 0 aliphatic rings. The smallest absolute Gasteiger partial charge is 0 e. The van der Waals surface area contributed by atoms with Gasteiger partial charge in [-0.3, -0.25) is 0 Å². The quantitative estimate of drug-likeness (QED) is 0.486. The molecule has 0 rings (SSSR count). The van der Waals surface area contributed by atoms with Gasteiger partial charge in [-0.15, -0.1) is 0 Å². The van der Waals surface area contributed by atoms with E-state index >= 15 is 0 Å². The number of hydrogen-bond donors (Lipinski definition) is 0. The summed E-state index contributed by atoms with van der Waals surface area (Å²) >= 11 is 0. The van der Waals surface area contributed by atoms with Crippen molar-refractivity contribution < 1.29 is 57.9 Å². The van der Waals surface area contributed by atoms with Crippen molar-refractivity contribution in [3.8, 4) is 0 Å². The van der Waals surface area contributed by atoms with Crippen LogP contribution in [-0.2, 0) is 17.1 Å². The van der Waals surface area contributed by atoms with E-state index in [1.807, 2.05) is 0 Å². The topological polar surface area (TPSA) is 0 Å². The van der Waals surface area contributed by atoms with E-state index < -0.39 is 0 Å². The standard InChI is InChI=1S/Al.B.Fe.Nd. The van der Waals surface area contributed by atoms with Crippen LogP contribution in [0.25, 0.3) is 0 Å². The molecule has 0 aromatic carbocycles. The first-order valence-electron chi connectivity index (χ1n) is 0. The summed E-state index contributed by atoms with van der Waals surface area (Å²) in [5.41, 5.74) is 0. The molecule has 0 unspecified atom stereocenters. The Morgan fingerprint density at radius 1 is 1.00 bits per heavy atom. The average molecular weight is 238 g/mol. The van der Waals surface area contributed by atoms with Crippen LogP contribution in [0.1, 0.15) is 0 Å². The van der Waals surface area contributed by atoms with Gasteiger partial charge >= 0.3 is 0 Å². The van der Waals surface area contributed by atoms with Crippen LogP contribution in [0.3, 0.4) is 0 Å². The molecule has 0 spiro atoms. The van der Waals surface area contributed by atoms with E-state index in [1.165, 1.54) is 0 Å². The molecule has 0 aromatic rings. The maximum absolute atomic E-state index is 0. The second kappa shape index (κ2) is 17.9. The fourth-order valence-electron chi connectivity index (χ4n) is 0. The summed E-state index contributed by atoms with van der Waals surface area (Å²) in [5, 5.41) is 0. The Bertz CT molecular complexity index is 8.00. The van der Waals surface area contributed by atoms with Crippen molar-refractivity contribution in [2.75, 3.05) is 0 Å². The molecule has 0 aliphatic heterocycles. The van der Waals surface area contributed by atoms with E-state index in [-0.39, 0.29) is 83.7 Å². The van der Waals surface area contributed by atoms with Crippen molar-refractivity contribution in [1.82, 2.24) is 0 Å². The van der Waals surface area contributed by atoms with Crippen molar-refractivity contribution in [3.63, 3.8) is 0 Å². The molecule has 0 atom stereocenters. The number of hydrogen-bond acceptors (Lipinski definition) is 0. The molecule has 0 heterocycles. The molecule has 0 saturated heterocycles. The van der Waals surface area contributed by atoms with E-state index in [1.54, 1.807) is 0 Å². The predicted octanol–water partition coefficient (Wildman–Crippen LogP) is -0.764. The van der Waals surface area contributed by atoms with Crippen LogP contribution >= 0.6 is 0 Å². The van der Waals surface area contributed by atoms with Gasteiger partial charge in [0.15, 0.2) is 0 Å². The summed E-state index contributed by atoms with van der Waals surface area (Å²) in [6.45, 7) is 0. The Hall–Kier alpha value is 2.47. The van der Waals surface area contributed by atoms with Crippen LogP contribution in [0, 0.1) is 40.8 Å². The van der Waals surface area contributed by atoms with Crippen LogP contribution in [0.4, 0.5) is 0 Å². The zero-order chi connectivity index (χ0) is 0. The third-order valence-electron chi connectivity index (χ3n) is 0. The van der Waals surface area contributed by atoms with Gasteiger partial charge in [0, 0.05) is 83.7 Å². The van der Waals surface area contributed by atoms with E-state index in [2.05, 4.69) is 0 Å². The zero-order valence-corrected chi connectivity index (χ0v) is 7.48. The molecular weight excluding hydrogens is 238 g/mol. The monoisotopic (exact) mass is 236 g/mol. The largest absolute Gasteiger partial charge is 0 e. The van der Waals surface area contributed by atoms with Crippen LogP contribution in [0.5, 0.6) is 0 Å². The maximum Gasteiger partial charge on any atom is 0 e. The molecule has 0 amide bonds. The van der Waals surface area contributed by atoms with Gasteiger partial charge in [0.05, 0.1) is 0 Å². The van der Waals surface area contributed by atoms with Crippen LogP contribution in [0.15, 0.2) is 0 Å². The summed E-state index contributed by atoms with van der Waals surface area (Å²) in [7, 11) is 0. The Balaban J connectivity index is 0. The number of rotatable bonds is 0. The molecular formula is AlBFeNd. The van der Waals surface area contributed by atoms with Crippen LogP contribution in [0.2, 0.25) is 0 Å². The molecule has 18 valence electrons. The van der Waals surface area contributed by atoms with E-state index in [0.29, 0.717) is 0 Å². The van der Waals surface area contributed by atoms with Gasteiger partial charge in [0.25, 0.3) is 0 Å². The second-order valence-corrected chi connectivity index (χ2v) is 0. The van der Waals surface area contributed by atoms with Gasteiger partial charge in [-0.25, -0.2) is 0 Å². The fourth-order valence-corrected chi connectivity index (χ4v) is 0. The third kappa shape index (κ3) is 8.82. The average Bonchev–Trinajstić information content (AvgIpc) is 0. The minimum atomic E-state index is 0. The first-order valence-corrected chi connectivity index (χ1v) is 0. The van der Waals surface area contributed by atoms with Gasteiger partial charge in [-0.05, 0) is 0 Å². The van der Waals surface area contributed by atoms with Crippen molar-refractivity contribution >= 4 is 25.8 Å². The Morgan fingerprint density at radius 3 is 1.00 bits per heavy atom. The second-order valence-electron chi connectivity index (χ2n) is 0. The van der Waals surface area contributed by atoms with Gasteiger partial charge < -0.3 is 0 Å². The fraction of sp³-hybridized carbons (Fsp3) is 0. The van der Waals surface area contributed by atoms with Gasteiger partial charge in [-0.2, -0.15) is 0 Å². The van der Waals surface area contributed by atoms with Crippen molar-refractivity contribution in [2.45, 2.75) is 0 Å². The van der Waals surface area contributed by atoms with Crippen molar-refractivity contribution in [1.29, 1.82) is 0 Å². The molecule has 0 bridgehead atoms. The summed E-state index contributed by atoms with van der Waals surface area (Å²) in [6.07, 6.45) is 0. The summed E-state index contributed by atoms with van der Waals surface area (Å²) < 4.78 is 0. The van der Waals surface area contributed by atoms with Crippen LogP contribution in [-0.4, -0.2) is 25.8 Å². The molecule has 4 heavy (non-hydrogen) atoms. The first kappa shape index (κ1) is 31.8. The van der Waals surface area contributed by atoms with E-state index in [0.717, 1.165) is 0 Å². The molecule has 0 N–H and O–H groups in total. The zero-order valence-electron chi connectivity index (χ0n) is 2.01. The van der Waals surface area contributed by atoms with Crippen molar-refractivity contribution in [2.24, 2.45) is 0 Å². The molecule has 0 fully saturated rings. The molecule has 0 aromatic heterocycles. The normalized spacial score (nSPS) is 0. The van der Waals surface area contributed by atoms with Gasteiger partial charge in [0.1, 0.15) is 0 Å². The summed E-state index contributed by atoms with van der Waals surface area (Å²) in [5.74, 6) is 0. The summed E-state index contributed by atoms with van der Waals surface area (Å²) in [4.78, 5) is 0. The molecule has 0 nitrogen and oxygen atoms in total. The van der Waals surface area contributed by atoms with Gasteiger partial charge in [-0.1, -0.05) is 0 Å². The first-order chi connectivity index (χ1) is 0. The summed E-state index contributed by atoms with van der Waals surface area (Å²) in [6, 6.07) is 0. The molecule has 6 radical (unpaired) electrons. The molecule has 0 aliphatic carbocycles. The third-order valence-corrected chi connectivity index (χ3v) is 0. The Labute approximate surface area is 82.2 Å². The van der Waals surface area contributed by atoms with E-state index in [9.17, 15) is 0 Å². The minimum Gasteiger partial charge on any atom is 0 e. The predicted molar refractivity (Wildman–Crippen MR) is 11.5 cm³/mol. The molecule has 4 heteroatoms. The Morgan fingerprint density at radius 2 is 1.00 bits per heavy atom. The maximum atomic E-state index is 0. The van der Waals surface area contributed by atoms with E-state index in [4.69, 9.17) is 0 Å². The molecule has 0 saturated carbocycles. The van der Waals surface area contributed by atoms with Crippen molar-refractivity contribution in [3.05, 3.63) is 0 Å². The SMILES string of the molecule is [Al].[B].[Fe].[Nd]. The van der Waals surface area contributed by atoms with Crippen LogP contribution < -0.4 is 0 Å². The Kier molecular flexibility index (Phi) is 142. The minimum absolute atomic E-state index is 0. The van der Waals surface area contributed by atoms with Gasteiger partial charge in [0.2, 0.25) is 0 Å².